The number of nitrogens with two attached hydrogens (primary N) is 1. The Morgan fingerprint density at radius 3 is 2.71 bits per heavy atom. The van der Waals surface area contributed by atoms with Crippen molar-refractivity contribution in [2.45, 2.75) is 6.54 Å². The van der Waals surface area contributed by atoms with E-state index in [2.05, 4.69) is 4.98 Å². The largest absolute Gasteiger partial charge is 0.438 e. The predicted molar refractivity (Wildman–Crippen MR) is 81.1 cm³/mol. The summed E-state index contributed by atoms with van der Waals surface area (Å²) < 4.78 is 18.9. The van der Waals surface area contributed by atoms with Crippen molar-refractivity contribution in [1.82, 2.24) is 4.98 Å². The van der Waals surface area contributed by atoms with E-state index in [0.717, 1.165) is 16.5 Å². The first-order valence-electron chi connectivity index (χ1n) is 6.39. The van der Waals surface area contributed by atoms with Crippen LogP contribution in [-0.4, -0.2) is 4.98 Å². The number of hydrogen-bond acceptors (Lipinski definition) is 3. The van der Waals surface area contributed by atoms with Crippen LogP contribution in [0.25, 0.3) is 10.8 Å². The molecule has 0 spiro atoms. The van der Waals surface area contributed by atoms with E-state index in [1.54, 1.807) is 0 Å². The van der Waals surface area contributed by atoms with Gasteiger partial charge >= 0.3 is 0 Å². The number of hydrogen-bond donors (Lipinski definition) is 1. The van der Waals surface area contributed by atoms with Crippen molar-refractivity contribution >= 4 is 22.4 Å². The average Bonchev–Trinajstić information content (AvgIpc) is 2.51. The van der Waals surface area contributed by atoms with E-state index >= 15 is 0 Å². The van der Waals surface area contributed by atoms with Gasteiger partial charge < -0.3 is 10.5 Å². The molecule has 0 unspecified atom stereocenters. The number of nitrogens with zero attached hydrogens (tertiary/aromatic N) is 1. The number of pyridine rings is 1. The van der Waals surface area contributed by atoms with Crippen LogP contribution in [0.2, 0.25) is 5.02 Å². The SMILES string of the molecule is NCc1cc2ccccc2c(Oc2ccc(F)c(Cl)c2)n1. The van der Waals surface area contributed by atoms with Crippen LogP contribution in [0.5, 0.6) is 11.6 Å². The van der Waals surface area contributed by atoms with Gasteiger partial charge in [0.05, 0.1) is 10.7 Å². The summed E-state index contributed by atoms with van der Waals surface area (Å²) in [6.45, 7) is 0.311. The molecule has 1 aromatic heterocycles. The van der Waals surface area contributed by atoms with Crippen molar-refractivity contribution in [3.63, 3.8) is 0 Å². The third kappa shape index (κ3) is 2.82. The molecule has 2 aromatic carbocycles. The fourth-order valence-electron chi connectivity index (χ4n) is 2.05. The molecule has 0 saturated carbocycles. The smallest absolute Gasteiger partial charge is 0.227 e. The normalized spacial score (nSPS) is 10.8. The van der Waals surface area contributed by atoms with Gasteiger partial charge in [-0.2, -0.15) is 0 Å². The summed E-state index contributed by atoms with van der Waals surface area (Å²) in [5, 5.41) is 1.85. The summed E-state index contributed by atoms with van der Waals surface area (Å²) in [7, 11) is 0. The summed E-state index contributed by atoms with van der Waals surface area (Å²) in [5.41, 5.74) is 6.38. The molecule has 0 atom stereocenters. The molecular weight excluding hydrogens is 291 g/mol. The van der Waals surface area contributed by atoms with Crippen molar-refractivity contribution in [3.05, 3.63) is 65.1 Å². The summed E-state index contributed by atoms with van der Waals surface area (Å²) in [4.78, 5) is 4.38. The van der Waals surface area contributed by atoms with Crippen molar-refractivity contribution in [2.75, 3.05) is 0 Å². The van der Waals surface area contributed by atoms with E-state index in [1.807, 2.05) is 30.3 Å². The lowest BCUT2D eigenvalue weighted by atomic mass is 10.1. The molecule has 3 nitrogen and oxygen atoms in total. The van der Waals surface area contributed by atoms with Gasteiger partial charge in [0.2, 0.25) is 5.88 Å². The van der Waals surface area contributed by atoms with Gasteiger partial charge in [0.25, 0.3) is 0 Å². The Bertz CT molecular complexity index is 807. The summed E-state index contributed by atoms with van der Waals surface area (Å²) in [5.74, 6) is 0.363. The van der Waals surface area contributed by atoms with Crippen LogP contribution >= 0.6 is 11.6 Å². The van der Waals surface area contributed by atoms with Crippen LogP contribution in [0, 0.1) is 5.82 Å². The van der Waals surface area contributed by atoms with Crippen LogP contribution in [-0.2, 0) is 6.54 Å². The lowest BCUT2D eigenvalue weighted by Crippen LogP contribution is -2.01. The second kappa shape index (κ2) is 5.68. The molecule has 0 aliphatic rings. The first kappa shape index (κ1) is 13.8. The molecule has 0 saturated heterocycles. The summed E-state index contributed by atoms with van der Waals surface area (Å²) >= 11 is 5.76. The van der Waals surface area contributed by atoms with Crippen LogP contribution in [0.1, 0.15) is 5.69 Å². The molecule has 3 aromatic rings. The Morgan fingerprint density at radius 1 is 1.14 bits per heavy atom. The van der Waals surface area contributed by atoms with Gasteiger partial charge in [0.15, 0.2) is 0 Å². The van der Waals surface area contributed by atoms with Crippen molar-refractivity contribution in [3.8, 4) is 11.6 Å². The maximum atomic E-state index is 13.2. The van der Waals surface area contributed by atoms with Gasteiger partial charge in [-0.25, -0.2) is 9.37 Å². The Labute approximate surface area is 126 Å². The fraction of sp³-hybridized carbons (Fsp3) is 0.0625. The maximum Gasteiger partial charge on any atom is 0.227 e. The first-order valence-corrected chi connectivity index (χ1v) is 6.77. The Kier molecular flexibility index (Phi) is 3.73. The third-order valence-electron chi connectivity index (χ3n) is 3.07. The molecule has 3 rings (SSSR count). The Hall–Kier alpha value is -2.17. The van der Waals surface area contributed by atoms with E-state index in [-0.39, 0.29) is 5.02 Å². The first-order chi connectivity index (χ1) is 10.2. The van der Waals surface area contributed by atoms with Gasteiger partial charge in [-0.3, -0.25) is 0 Å². The highest BCUT2D eigenvalue weighted by Gasteiger charge is 2.09. The number of ether oxygens (including phenoxy) is 1. The lowest BCUT2D eigenvalue weighted by Gasteiger charge is -2.10. The minimum absolute atomic E-state index is 0.00628. The minimum atomic E-state index is -0.488. The van der Waals surface area contributed by atoms with Crippen LogP contribution in [0.3, 0.4) is 0 Å². The molecule has 0 fully saturated rings. The van der Waals surface area contributed by atoms with E-state index in [4.69, 9.17) is 22.1 Å². The van der Waals surface area contributed by atoms with Gasteiger partial charge in [0.1, 0.15) is 11.6 Å². The molecule has 5 heteroatoms. The standard InChI is InChI=1S/C16H12ClFN2O/c17-14-8-12(5-6-15(14)18)21-16-13-4-2-1-3-10(13)7-11(9-19)20-16/h1-8H,9,19H2. The van der Waals surface area contributed by atoms with Crippen LogP contribution < -0.4 is 10.5 Å². The third-order valence-corrected chi connectivity index (χ3v) is 3.36. The molecule has 106 valence electrons. The quantitative estimate of drug-likeness (QED) is 0.785. The number of halogens is 2. The Balaban J connectivity index is 2.08. The molecular formula is C16H12ClFN2O. The fourth-order valence-corrected chi connectivity index (χ4v) is 2.22. The monoisotopic (exact) mass is 302 g/mol. The highest BCUT2D eigenvalue weighted by atomic mass is 35.5. The molecule has 0 aliphatic heterocycles. The zero-order valence-corrected chi connectivity index (χ0v) is 11.8. The van der Waals surface area contributed by atoms with Crippen molar-refractivity contribution in [1.29, 1.82) is 0 Å². The van der Waals surface area contributed by atoms with Gasteiger partial charge in [-0.15, -0.1) is 0 Å². The number of benzene rings is 2. The number of fused-ring (bicyclic) bond motifs is 1. The van der Waals surface area contributed by atoms with Gasteiger partial charge in [-0.05, 0) is 29.7 Å². The van der Waals surface area contributed by atoms with E-state index < -0.39 is 5.82 Å². The van der Waals surface area contributed by atoms with Crippen LogP contribution in [0.15, 0.2) is 48.5 Å². The van der Waals surface area contributed by atoms with Gasteiger partial charge in [-0.1, -0.05) is 29.8 Å². The number of aromatic nitrogens is 1. The molecule has 0 radical (unpaired) electrons. The highest BCUT2D eigenvalue weighted by Crippen LogP contribution is 2.30. The van der Waals surface area contributed by atoms with E-state index in [9.17, 15) is 4.39 Å². The molecule has 2 N–H and O–H groups in total. The molecule has 1 heterocycles. The zero-order chi connectivity index (χ0) is 14.8. The van der Waals surface area contributed by atoms with E-state index in [1.165, 1.54) is 18.2 Å². The lowest BCUT2D eigenvalue weighted by molar-refractivity contribution is 0.465. The average molecular weight is 303 g/mol. The zero-order valence-electron chi connectivity index (χ0n) is 11.0. The maximum absolute atomic E-state index is 13.2. The second-order valence-corrected chi connectivity index (χ2v) is 4.93. The second-order valence-electron chi connectivity index (χ2n) is 4.52. The van der Waals surface area contributed by atoms with Crippen molar-refractivity contribution in [2.24, 2.45) is 5.73 Å². The molecule has 0 amide bonds. The topological polar surface area (TPSA) is 48.1 Å². The summed E-state index contributed by atoms with van der Waals surface area (Å²) in [6, 6.07) is 13.8. The van der Waals surface area contributed by atoms with Gasteiger partial charge in [0, 0.05) is 18.0 Å². The van der Waals surface area contributed by atoms with E-state index in [0.29, 0.717) is 18.2 Å². The Morgan fingerprint density at radius 2 is 1.95 bits per heavy atom. The molecule has 21 heavy (non-hydrogen) atoms. The minimum Gasteiger partial charge on any atom is -0.438 e. The number of rotatable bonds is 3. The predicted octanol–water partition coefficient (Wildman–Crippen LogP) is 4.28. The van der Waals surface area contributed by atoms with Crippen LogP contribution in [0.4, 0.5) is 4.39 Å². The highest BCUT2D eigenvalue weighted by molar-refractivity contribution is 6.30. The summed E-state index contributed by atoms with van der Waals surface area (Å²) in [6.07, 6.45) is 0. The molecule has 0 bridgehead atoms. The van der Waals surface area contributed by atoms with Crippen molar-refractivity contribution < 1.29 is 9.13 Å². The molecule has 0 aliphatic carbocycles.